The van der Waals surface area contributed by atoms with Crippen LogP contribution in [0.25, 0.3) is 0 Å². The van der Waals surface area contributed by atoms with Gasteiger partial charge >= 0.3 is 6.18 Å². The Bertz CT molecular complexity index is 947. The normalized spacial score (nSPS) is 17.0. The molecule has 1 fully saturated rings. The average Bonchev–Trinajstić information content (AvgIpc) is 2.96. The summed E-state index contributed by atoms with van der Waals surface area (Å²) in [6, 6.07) is 12.8. The monoisotopic (exact) mass is 419 g/mol. The van der Waals surface area contributed by atoms with Gasteiger partial charge in [0.1, 0.15) is 0 Å². The molecule has 1 atom stereocenters. The van der Waals surface area contributed by atoms with Crippen LogP contribution in [0.5, 0.6) is 0 Å². The number of carbonyl (C=O) groups excluding carboxylic acids is 3. The molecule has 2 aromatic carbocycles. The standard InChI is InChI=1S/C21H20F3N3O3/c1-26(13-18(28)25-16-10-6-5-9-15(16)21(22,23)24)17-11-19(29)27(20(17)30)12-14-7-3-2-4-8-14/h2-10,17H,11-13H2,1H3,(H,25,28)/t17-/m1/s1. The van der Waals surface area contributed by atoms with E-state index in [-0.39, 0.29) is 31.1 Å². The Morgan fingerprint density at radius 2 is 1.73 bits per heavy atom. The third-order valence-corrected chi connectivity index (χ3v) is 4.84. The van der Waals surface area contributed by atoms with E-state index in [1.165, 1.54) is 24.1 Å². The van der Waals surface area contributed by atoms with E-state index in [4.69, 9.17) is 0 Å². The Hall–Kier alpha value is -3.20. The van der Waals surface area contributed by atoms with Crippen molar-refractivity contribution in [3.05, 3.63) is 65.7 Å². The summed E-state index contributed by atoms with van der Waals surface area (Å²) in [7, 11) is 1.48. The number of hydrogen-bond acceptors (Lipinski definition) is 4. The van der Waals surface area contributed by atoms with Crippen LogP contribution in [0.3, 0.4) is 0 Å². The van der Waals surface area contributed by atoms with Crippen molar-refractivity contribution < 1.29 is 27.6 Å². The molecule has 0 bridgehead atoms. The summed E-state index contributed by atoms with van der Waals surface area (Å²) in [5.41, 5.74) is -0.519. The van der Waals surface area contributed by atoms with Crippen LogP contribution in [0.15, 0.2) is 54.6 Å². The number of anilines is 1. The molecule has 3 rings (SSSR count). The molecule has 1 N–H and O–H groups in total. The molecule has 0 unspecified atom stereocenters. The van der Waals surface area contributed by atoms with Crippen molar-refractivity contribution in [2.45, 2.75) is 25.2 Å². The number of carbonyl (C=O) groups is 3. The lowest BCUT2D eigenvalue weighted by molar-refractivity contribution is -0.140. The molecule has 1 saturated heterocycles. The van der Waals surface area contributed by atoms with Crippen LogP contribution in [0, 0.1) is 0 Å². The van der Waals surface area contributed by atoms with Gasteiger partial charge in [-0.3, -0.25) is 24.2 Å². The van der Waals surface area contributed by atoms with Gasteiger partial charge in [-0.15, -0.1) is 0 Å². The zero-order valence-electron chi connectivity index (χ0n) is 16.1. The molecule has 0 aliphatic carbocycles. The maximum absolute atomic E-state index is 13.1. The van der Waals surface area contributed by atoms with Gasteiger partial charge in [-0.2, -0.15) is 13.2 Å². The summed E-state index contributed by atoms with van der Waals surface area (Å²) in [5.74, 6) is -1.51. The molecule has 2 aromatic rings. The van der Waals surface area contributed by atoms with Crippen molar-refractivity contribution >= 4 is 23.4 Å². The third kappa shape index (κ3) is 4.85. The lowest BCUT2D eigenvalue weighted by atomic mass is 10.1. The van der Waals surface area contributed by atoms with Crippen LogP contribution >= 0.6 is 0 Å². The molecule has 0 aromatic heterocycles. The maximum Gasteiger partial charge on any atom is 0.418 e. The smallest absolute Gasteiger partial charge is 0.324 e. The number of halogens is 3. The van der Waals surface area contributed by atoms with Crippen LogP contribution in [0.2, 0.25) is 0 Å². The zero-order valence-corrected chi connectivity index (χ0v) is 16.1. The summed E-state index contributed by atoms with van der Waals surface area (Å²) in [6.07, 6.45) is -4.70. The van der Waals surface area contributed by atoms with Crippen LogP contribution in [-0.4, -0.2) is 47.2 Å². The Kier molecular flexibility index (Phi) is 6.21. The van der Waals surface area contributed by atoms with E-state index < -0.39 is 29.6 Å². The van der Waals surface area contributed by atoms with E-state index >= 15 is 0 Å². The molecule has 158 valence electrons. The number of nitrogens with zero attached hydrogens (tertiary/aromatic N) is 2. The molecule has 3 amide bonds. The number of hydrogen-bond donors (Lipinski definition) is 1. The largest absolute Gasteiger partial charge is 0.418 e. The van der Waals surface area contributed by atoms with Crippen LogP contribution in [0.4, 0.5) is 18.9 Å². The van der Waals surface area contributed by atoms with Crippen molar-refractivity contribution in [3.8, 4) is 0 Å². The fraction of sp³-hybridized carbons (Fsp3) is 0.286. The predicted molar refractivity (Wildman–Crippen MR) is 103 cm³/mol. The Labute approximate surface area is 171 Å². The minimum absolute atomic E-state index is 0.0887. The highest BCUT2D eigenvalue weighted by Crippen LogP contribution is 2.34. The second kappa shape index (κ2) is 8.66. The number of likely N-dealkylation sites (N-methyl/N-ethyl adjacent to an activating group) is 1. The Balaban J connectivity index is 1.64. The maximum atomic E-state index is 13.1. The predicted octanol–water partition coefficient (Wildman–Crippen LogP) is 2.90. The fourth-order valence-electron chi connectivity index (χ4n) is 3.31. The average molecular weight is 419 g/mol. The number of alkyl halides is 3. The minimum Gasteiger partial charge on any atom is -0.324 e. The fourth-order valence-corrected chi connectivity index (χ4v) is 3.31. The molecular weight excluding hydrogens is 399 g/mol. The molecular formula is C21H20F3N3O3. The van der Waals surface area contributed by atoms with Gasteiger partial charge in [0.15, 0.2) is 0 Å². The summed E-state index contributed by atoms with van der Waals surface area (Å²) in [6.45, 7) is -0.205. The van der Waals surface area contributed by atoms with E-state index in [9.17, 15) is 27.6 Å². The molecule has 6 nitrogen and oxygen atoms in total. The van der Waals surface area contributed by atoms with E-state index in [1.807, 2.05) is 6.07 Å². The minimum atomic E-state index is -4.61. The highest BCUT2D eigenvalue weighted by atomic mass is 19.4. The first-order valence-corrected chi connectivity index (χ1v) is 9.21. The van der Waals surface area contributed by atoms with Gasteiger partial charge < -0.3 is 5.32 Å². The highest BCUT2D eigenvalue weighted by Gasteiger charge is 2.41. The van der Waals surface area contributed by atoms with Gasteiger partial charge in [0.2, 0.25) is 17.7 Å². The second-order valence-corrected chi connectivity index (χ2v) is 7.03. The number of nitrogens with one attached hydrogen (secondary N) is 1. The molecule has 1 aliphatic rings. The second-order valence-electron chi connectivity index (χ2n) is 7.03. The molecule has 0 radical (unpaired) electrons. The van der Waals surface area contributed by atoms with E-state index in [2.05, 4.69) is 5.32 Å². The van der Waals surface area contributed by atoms with Crippen molar-refractivity contribution in [2.75, 3.05) is 18.9 Å². The summed E-state index contributed by atoms with van der Waals surface area (Å²) >= 11 is 0. The molecule has 9 heteroatoms. The van der Waals surface area contributed by atoms with Gasteiger partial charge in [0.05, 0.1) is 36.8 Å². The number of benzene rings is 2. The first kappa shape index (κ1) is 21.5. The van der Waals surface area contributed by atoms with Crippen molar-refractivity contribution in [1.82, 2.24) is 9.80 Å². The number of imide groups is 1. The number of amides is 3. The van der Waals surface area contributed by atoms with E-state index in [0.717, 1.165) is 22.6 Å². The highest BCUT2D eigenvalue weighted by molar-refractivity contribution is 6.05. The first-order chi connectivity index (χ1) is 14.2. The number of likely N-dealkylation sites (tertiary alicyclic amines) is 1. The number of para-hydroxylation sites is 1. The van der Waals surface area contributed by atoms with Crippen molar-refractivity contribution in [2.24, 2.45) is 0 Å². The van der Waals surface area contributed by atoms with E-state index in [1.54, 1.807) is 24.3 Å². The van der Waals surface area contributed by atoms with Gasteiger partial charge in [-0.25, -0.2) is 0 Å². The first-order valence-electron chi connectivity index (χ1n) is 9.21. The third-order valence-electron chi connectivity index (χ3n) is 4.84. The van der Waals surface area contributed by atoms with Crippen LogP contribution in [0.1, 0.15) is 17.5 Å². The van der Waals surface area contributed by atoms with E-state index in [0.29, 0.717) is 0 Å². The quantitative estimate of drug-likeness (QED) is 0.731. The number of rotatable bonds is 6. The molecule has 30 heavy (non-hydrogen) atoms. The summed E-state index contributed by atoms with van der Waals surface area (Å²) in [5, 5.41) is 2.24. The lowest BCUT2D eigenvalue weighted by Gasteiger charge is -2.23. The van der Waals surface area contributed by atoms with Crippen LogP contribution < -0.4 is 5.32 Å². The van der Waals surface area contributed by atoms with Crippen molar-refractivity contribution in [1.29, 1.82) is 0 Å². The molecule has 0 spiro atoms. The summed E-state index contributed by atoms with van der Waals surface area (Å²) in [4.78, 5) is 39.8. The van der Waals surface area contributed by atoms with Gasteiger partial charge in [-0.1, -0.05) is 42.5 Å². The Morgan fingerprint density at radius 3 is 2.40 bits per heavy atom. The van der Waals surface area contributed by atoms with Crippen LogP contribution in [-0.2, 0) is 27.1 Å². The SMILES string of the molecule is CN(CC(=O)Nc1ccccc1C(F)(F)F)[C@@H]1CC(=O)N(Cc2ccccc2)C1=O. The Morgan fingerprint density at radius 1 is 1.10 bits per heavy atom. The molecule has 1 aliphatic heterocycles. The van der Waals surface area contributed by atoms with Gasteiger partial charge in [0.25, 0.3) is 0 Å². The van der Waals surface area contributed by atoms with Crippen molar-refractivity contribution in [3.63, 3.8) is 0 Å². The zero-order chi connectivity index (χ0) is 21.9. The summed E-state index contributed by atoms with van der Waals surface area (Å²) < 4.78 is 39.2. The molecule has 0 saturated carbocycles. The molecule has 1 heterocycles. The van der Waals surface area contributed by atoms with Gasteiger partial charge in [0, 0.05) is 0 Å². The topological polar surface area (TPSA) is 69.7 Å². The van der Waals surface area contributed by atoms with Gasteiger partial charge in [-0.05, 0) is 24.7 Å². The lowest BCUT2D eigenvalue weighted by Crippen LogP contribution is -2.43.